The van der Waals surface area contributed by atoms with E-state index in [0.29, 0.717) is 0 Å². The van der Waals surface area contributed by atoms with Crippen molar-refractivity contribution >= 4 is 17.2 Å². The van der Waals surface area contributed by atoms with Crippen LogP contribution in [0.15, 0.2) is 0 Å². The lowest BCUT2D eigenvalue weighted by atomic mass is 9.97. The fraction of sp³-hybridized carbons (Fsp3) is 1.00. The van der Waals surface area contributed by atoms with E-state index in [4.69, 9.17) is 18.1 Å². The van der Waals surface area contributed by atoms with Crippen LogP contribution in [0.1, 0.15) is 27.7 Å². The van der Waals surface area contributed by atoms with Crippen LogP contribution in [0.25, 0.3) is 0 Å². The Morgan fingerprint density at radius 2 is 0.931 bits per heavy atom. The Labute approximate surface area is 167 Å². The zero-order valence-corrected chi connectivity index (χ0v) is 18.1. The van der Waals surface area contributed by atoms with E-state index < -0.39 is 59.0 Å². The van der Waals surface area contributed by atoms with Crippen LogP contribution in [0.2, 0.25) is 0 Å². The number of rotatable bonds is 8. The maximum atomic E-state index is 13.9. The van der Waals surface area contributed by atoms with Crippen molar-refractivity contribution in [2.24, 2.45) is 10.8 Å². The van der Waals surface area contributed by atoms with Crippen molar-refractivity contribution in [2.45, 2.75) is 45.5 Å². The maximum Gasteiger partial charge on any atom is 0.376 e. The fourth-order valence-electron chi connectivity index (χ4n) is 1.93. The molecule has 0 aromatic carbocycles. The Hall–Kier alpha value is 0.200. The van der Waals surface area contributed by atoms with Gasteiger partial charge in [-0.05, 0) is 0 Å². The van der Waals surface area contributed by atoms with Gasteiger partial charge in [0.2, 0.25) is 0 Å². The summed E-state index contributed by atoms with van der Waals surface area (Å²) in [4.78, 5) is 0. The highest BCUT2D eigenvalue weighted by Gasteiger charge is 2.72. The predicted octanol–water partition coefficient (Wildman–Crippen LogP) is 5.53. The van der Waals surface area contributed by atoms with E-state index in [1.807, 2.05) is 0 Å². The molecule has 0 atom stereocenters. The minimum atomic E-state index is -5.76. The van der Waals surface area contributed by atoms with E-state index in [1.54, 1.807) is 27.7 Å². The molecule has 0 bridgehead atoms. The van der Waals surface area contributed by atoms with Crippen LogP contribution in [0, 0.1) is 10.8 Å². The van der Waals surface area contributed by atoms with Crippen molar-refractivity contribution in [3.05, 3.63) is 0 Å². The van der Waals surface area contributed by atoms with Gasteiger partial charge in [-0.1, -0.05) is 27.7 Å². The predicted molar refractivity (Wildman–Crippen MR) is 92.0 cm³/mol. The first-order valence-electron chi connectivity index (χ1n) is 8.58. The van der Waals surface area contributed by atoms with Crippen LogP contribution in [-0.4, -0.2) is 57.4 Å². The van der Waals surface area contributed by atoms with Gasteiger partial charge in [-0.3, -0.25) is 0 Å². The summed E-state index contributed by atoms with van der Waals surface area (Å²) in [7, 11) is -4.66. The summed E-state index contributed by atoms with van der Waals surface area (Å²) in [5.74, 6) is -16.2. The number of alkyl halides is 6. The Morgan fingerprint density at radius 1 is 0.655 bits per heavy atom. The Morgan fingerprint density at radius 3 is 1.21 bits per heavy atom. The zero-order valence-electron chi connectivity index (χ0n) is 16.4. The molecule has 2 heterocycles. The molecule has 2 fully saturated rings. The molecule has 0 aromatic heterocycles. The molecule has 0 N–H and O–H groups in total. The zero-order chi connectivity index (χ0) is 22.1. The van der Waals surface area contributed by atoms with Crippen molar-refractivity contribution < 1.29 is 53.5 Å². The summed E-state index contributed by atoms with van der Waals surface area (Å²) in [5.41, 5.74) is -0.807. The van der Waals surface area contributed by atoms with E-state index in [2.05, 4.69) is 9.05 Å². The molecule has 0 saturated carbocycles. The molecule has 2 aliphatic heterocycles. The van der Waals surface area contributed by atoms with Gasteiger partial charge in [0.25, 0.3) is 0 Å². The van der Waals surface area contributed by atoms with Gasteiger partial charge in [0.15, 0.2) is 0 Å². The second-order valence-corrected chi connectivity index (χ2v) is 10.8. The molecular formula is C15H24F6O6P2. The van der Waals surface area contributed by atoms with Crippen molar-refractivity contribution in [3.63, 3.8) is 0 Å². The minimum absolute atomic E-state index is 0.0883. The monoisotopic (exact) mass is 476 g/mol. The standard InChI is InChI=1S/C15H24F6O6P2/c1-11(2)5-22-28(23-6-11)26-9-13(16,17)15(20,21)14(18,19)10-27-29-24-7-12(3,4)8-25-29/h5-10H2,1-4H3. The molecule has 0 unspecified atom stereocenters. The molecule has 0 aliphatic carbocycles. The quantitative estimate of drug-likeness (QED) is 0.340. The summed E-state index contributed by atoms with van der Waals surface area (Å²) in [6.45, 7) is 3.43. The van der Waals surface area contributed by atoms with E-state index >= 15 is 0 Å². The molecule has 172 valence electrons. The SMILES string of the molecule is CC1(C)COP(OCC(F)(F)C(F)(F)C(F)(F)COP2OCC(C)(C)CO2)OC1. The highest BCUT2D eigenvalue weighted by Crippen LogP contribution is 2.53. The van der Waals surface area contributed by atoms with Crippen LogP contribution in [0.4, 0.5) is 26.3 Å². The van der Waals surface area contributed by atoms with Gasteiger partial charge in [-0.25, -0.2) is 0 Å². The lowest BCUT2D eigenvalue weighted by Gasteiger charge is -2.36. The molecule has 14 heteroatoms. The summed E-state index contributed by atoms with van der Waals surface area (Å²) in [6.07, 6.45) is 0. The van der Waals surface area contributed by atoms with Crippen LogP contribution in [-0.2, 0) is 27.1 Å². The Bertz CT molecular complexity index is 499. The normalized spacial score (nSPS) is 24.6. The van der Waals surface area contributed by atoms with Crippen molar-refractivity contribution in [2.75, 3.05) is 39.6 Å². The van der Waals surface area contributed by atoms with E-state index in [1.165, 1.54) is 0 Å². The summed E-state index contributed by atoms with van der Waals surface area (Å²) in [5, 5.41) is 0. The largest absolute Gasteiger partial charge is 0.376 e. The first-order chi connectivity index (χ1) is 13.1. The van der Waals surface area contributed by atoms with Gasteiger partial charge in [0.1, 0.15) is 13.2 Å². The third-order valence-corrected chi connectivity index (χ3v) is 5.90. The van der Waals surface area contributed by atoms with Gasteiger partial charge >= 0.3 is 35.0 Å². The van der Waals surface area contributed by atoms with E-state index in [0.717, 1.165) is 0 Å². The van der Waals surface area contributed by atoms with Crippen LogP contribution in [0.5, 0.6) is 0 Å². The second kappa shape index (κ2) is 8.98. The molecule has 0 amide bonds. The van der Waals surface area contributed by atoms with Gasteiger partial charge < -0.3 is 27.1 Å². The Kier molecular flexibility index (Phi) is 7.88. The van der Waals surface area contributed by atoms with Gasteiger partial charge in [0.05, 0.1) is 26.4 Å². The molecule has 0 radical (unpaired) electrons. The Balaban J connectivity index is 1.88. The minimum Gasteiger partial charge on any atom is -0.312 e. The van der Waals surface area contributed by atoms with E-state index in [-0.39, 0.29) is 26.4 Å². The first kappa shape index (κ1) is 25.5. The topological polar surface area (TPSA) is 55.4 Å². The molecule has 2 aliphatic rings. The average molecular weight is 476 g/mol. The van der Waals surface area contributed by atoms with Gasteiger partial charge in [0, 0.05) is 10.8 Å². The van der Waals surface area contributed by atoms with Crippen LogP contribution >= 0.6 is 17.2 Å². The first-order valence-corrected chi connectivity index (χ1v) is 10.8. The fourth-order valence-corrected chi connectivity index (χ4v) is 4.74. The highest BCUT2D eigenvalue weighted by atomic mass is 31.2. The van der Waals surface area contributed by atoms with Crippen molar-refractivity contribution in [3.8, 4) is 0 Å². The lowest BCUT2D eigenvalue weighted by Crippen LogP contribution is -2.57. The third kappa shape index (κ3) is 6.59. The molecule has 0 spiro atoms. The van der Waals surface area contributed by atoms with Crippen LogP contribution in [0.3, 0.4) is 0 Å². The molecule has 2 saturated heterocycles. The second-order valence-electron chi connectivity index (χ2n) is 8.40. The summed E-state index contributed by atoms with van der Waals surface area (Å²) >= 11 is 0. The molecule has 29 heavy (non-hydrogen) atoms. The van der Waals surface area contributed by atoms with Gasteiger partial charge in [-0.2, -0.15) is 26.3 Å². The molecule has 0 aromatic rings. The molecular weight excluding hydrogens is 452 g/mol. The molecule has 6 nitrogen and oxygen atoms in total. The maximum absolute atomic E-state index is 13.9. The van der Waals surface area contributed by atoms with Gasteiger partial charge in [-0.15, -0.1) is 0 Å². The number of hydrogen-bond acceptors (Lipinski definition) is 6. The summed E-state index contributed by atoms with van der Waals surface area (Å²) < 4.78 is 113. The molecule has 2 rings (SSSR count). The summed E-state index contributed by atoms with van der Waals surface area (Å²) in [6, 6.07) is 0. The van der Waals surface area contributed by atoms with Crippen molar-refractivity contribution in [1.29, 1.82) is 0 Å². The highest BCUT2D eigenvalue weighted by molar-refractivity contribution is 7.42. The van der Waals surface area contributed by atoms with Crippen LogP contribution < -0.4 is 0 Å². The average Bonchev–Trinajstić information content (AvgIpc) is 2.59. The van der Waals surface area contributed by atoms with Crippen molar-refractivity contribution in [1.82, 2.24) is 0 Å². The number of halogens is 6. The van der Waals surface area contributed by atoms with E-state index in [9.17, 15) is 26.3 Å². The number of hydrogen-bond donors (Lipinski definition) is 0. The smallest absolute Gasteiger partial charge is 0.312 e. The third-order valence-electron chi connectivity index (χ3n) is 3.86. The lowest BCUT2D eigenvalue weighted by molar-refractivity contribution is -0.320.